The van der Waals surface area contributed by atoms with Crippen LogP contribution in [0, 0.1) is 11.6 Å². The number of amides is 1. The first-order chi connectivity index (χ1) is 9.99. The van der Waals surface area contributed by atoms with E-state index in [-0.39, 0.29) is 6.54 Å². The topological polar surface area (TPSA) is 49.3 Å². The van der Waals surface area contributed by atoms with Crippen LogP contribution in [0.5, 0.6) is 0 Å². The average molecular weight is 311 g/mol. The number of thiophene rings is 1. The van der Waals surface area contributed by atoms with Crippen LogP contribution in [-0.2, 0) is 6.42 Å². The van der Waals surface area contributed by atoms with Gasteiger partial charge in [0, 0.05) is 16.3 Å². The van der Waals surface area contributed by atoms with Crippen LogP contribution in [0.15, 0.2) is 30.3 Å². The molecule has 0 aliphatic carbocycles. The van der Waals surface area contributed by atoms with Crippen LogP contribution in [0.2, 0.25) is 0 Å². The molecule has 1 atom stereocenters. The van der Waals surface area contributed by atoms with Gasteiger partial charge in [-0.15, -0.1) is 11.3 Å². The molecule has 1 heterocycles. The lowest BCUT2D eigenvalue weighted by Gasteiger charge is -2.06. The average Bonchev–Trinajstić information content (AvgIpc) is 2.87. The number of nitrogens with one attached hydrogen (secondary N) is 1. The first kappa shape index (κ1) is 15.6. The fourth-order valence-corrected chi connectivity index (χ4v) is 2.81. The minimum Gasteiger partial charge on any atom is -0.388 e. The molecule has 0 spiro atoms. The molecule has 1 aromatic heterocycles. The Hall–Kier alpha value is -1.79. The number of carbonyl (C=O) groups excluding carboxylic acids is 1. The van der Waals surface area contributed by atoms with Crippen molar-refractivity contribution in [3.8, 4) is 0 Å². The summed E-state index contributed by atoms with van der Waals surface area (Å²) in [7, 11) is 0. The molecule has 0 saturated heterocycles. The normalized spacial score (nSPS) is 12.2. The molecule has 3 nitrogen and oxygen atoms in total. The molecular weight excluding hydrogens is 296 g/mol. The van der Waals surface area contributed by atoms with E-state index in [1.165, 1.54) is 17.4 Å². The summed E-state index contributed by atoms with van der Waals surface area (Å²) >= 11 is 1.45. The minimum absolute atomic E-state index is 0.270. The molecule has 0 saturated carbocycles. The summed E-state index contributed by atoms with van der Waals surface area (Å²) in [6.07, 6.45) is 0.0185. The summed E-state index contributed by atoms with van der Waals surface area (Å²) in [5, 5.41) is 11.9. The lowest BCUT2D eigenvalue weighted by atomic mass is 10.2. The van der Waals surface area contributed by atoms with E-state index in [1.54, 1.807) is 6.92 Å². The molecule has 0 aliphatic heterocycles. The van der Waals surface area contributed by atoms with Crippen LogP contribution < -0.4 is 5.32 Å². The lowest BCUT2D eigenvalue weighted by molar-refractivity contribution is 0.0945. The smallest absolute Gasteiger partial charge is 0.257 e. The Morgan fingerprint density at radius 3 is 2.52 bits per heavy atom. The number of hydrogen-bond donors (Lipinski definition) is 2. The lowest BCUT2D eigenvalue weighted by Crippen LogP contribution is -2.27. The highest BCUT2D eigenvalue weighted by Gasteiger charge is 2.16. The van der Waals surface area contributed by atoms with Crippen molar-refractivity contribution in [1.82, 2.24) is 5.32 Å². The largest absolute Gasteiger partial charge is 0.388 e. The Bertz CT molecular complexity index is 620. The van der Waals surface area contributed by atoms with E-state index < -0.39 is 29.2 Å². The van der Waals surface area contributed by atoms with Crippen molar-refractivity contribution in [1.29, 1.82) is 0 Å². The second-order valence-electron chi connectivity index (χ2n) is 4.58. The highest BCUT2D eigenvalue weighted by Crippen LogP contribution is 2.23. The molecule has 0 bridgehead atoms. The molecule has 0 unspecified atom stereocenters. The van der Waals surface area contributed by atoms with Gasteiger partial charge in [0.05, 0.1) is 6.10 Å². The van der Waals surface area contributed by atoms with E-state index in [0.717, 1.165) is 21.9 Å². The van der Waals surface area contributed by atoms with Crippen molar-refractivity contribution < 1.29 is 18.7 Å². The van der Waals surface area contributed by atoms with Crippen LogP contribution in [0.3, 0.4) is 0 Å². The van der Waals surface area contributed by atoms with E-state index in [0.29, 0.717) is 6.42 Å². The Labute approximate surface area is 125 Å². The van der Waals surface area contributed by atoms with E-state index >= 15 is 0 Å². The second kappa shape index (κ2) is 6.78. The number of carbonyl (C=O) groups is 1. The fourth-order valence-electron chi connectivity index (χ4n) is 1.86. The van der Waals surface area contributed by atoms with Crippen LogP contribution in [0.25, 0.3) is 0 Å². The quantitative estimate of drug-likeness (QED) is 0.891. The number of hydrogen-bond acceptors (Lipinski definition) is 3. The standard InChI is InChI=1S/C15H15F2NO2S/c1-9(19)13-6-5-10(21-13)7-8-18-15(20)14-11(16)3-2-4-12(14)17/h2-6,9,19H,7-8H2,1H3,(H,18,20)/t9-/m0/s1. The zero-order valence-corrected chi connectivity index (χ0v) is 12.2. The molecule has 2 rings (SSSR count). The van der Waals surface area contributed by atoms with Crippen molar-refractivity contribution in [3.63, 3.8) is 0 Å². The van der Waals surface area contributed by atoms with Crippen LogP contribution in [0.4, 0.5) is 8.78 Å². The van der Waals surface area contributed by atoms with Gasteiger partial charge < -0.3 is 10.4 Å². The summed E-state index contributed by atoms with van der Waals surface area (Å²) in [6.45, 7) is 1.95. The van der Waals surface area contributed by atoms with Gasteiger partial charge in [-0.2, -0.15) is 0 Å². The first-order valence-corrected chi connectivity index (χ1v) is 7.29. The predicted octanol–water partition coefficient (Wildman–Crippen LogP) is 3.05. The molecule has 112 valence electrons. The van der Waals surface area contributed by atoms with Gasteiger partial charge in [-0.3, -0.25) is 4.79 Å². The molecule has 0 aliphatic rings. The number of halogens is 2. The SMILES string of the molecule is C[C@H](O)c1ccc(CCNC(=O)c2c(F)cccc2F)s1. The van der Waals surface area contributed by atoms with E-state index in [9.17, 15) is 18.7 Å². The Kier molecular flexibility index (Phi) is 5.03. The van der Waals surface area contributed by atoms with Crippen LogP contribution in [-0.4, -0.2) is 17.6 Å². The molecule has 0 radical (unpaired) electrons. The van der Waals surface area contributed by atoms with Crippen molar-refractivity contribution >= 4 is 17.2 Å². The Morgan fingerprint density at radius 2 is 1.95 bits per heavy atom. The molecule has 1 amide bonds. The molecule has 21 heavy (non-hydrogen) atoms. The van der Waals surface area contributed by atoms with E-state index in [4.69, 9.17) is 0 Å². The minimum atomic E-state index is -0.875. The third-order valence-corrected chi connectivity index (χ3v) is 4.26. The molecule has 0 fully saturated rings. The van der Waals surface area contributed by atoms with Gasteiger partial charge in [0.25, 0.3) is 5.91 Å². The second-order valence-corrected chi connectivity index (χ2v) is 5.78. The summed E-state index contributed by atoms with van der Waals surface area (Å²) in [5.41, 5.74) is -0.562. The maximum atomic E-state index is 13.4. The molecular formula is C15H15F2NO2S. The maximum Gasteiger partial charge on any atom is 0.257 e. The number of aliphatic hydroxyl groups excluding tert-OH is 1. The number of aliphatic hydroxyl groups is 1. The molecule has 6 heteroatoms. The summed E-state index contributed by atoms with van der Waals surface area (Å²) in [6, 6.07) is 6.99. The summed E-state index contributed by atoms with van der Waals surface area (Å²) in [5.74, 6) is -2.52. The molecule has 2 N–H and O–H groups in total. The van der Waals surface area contributed by atoms with Gasteiger partial charge in [0.15, 0.2) is 0 Å². The Balaban J connectivity index is 1.92. The van der Waals surface area contributed by atoms with Gasteiger partial charge in [-0.25, -0.2) is 8.78 Å². The van der Waals surface area contributed by atoms with Crippen molar-refractivity contribution in [3.05, 3.63) is 57.3 Å². The van der Waals surface area contributed by atoms with Gasteiger partial charge in [0.2, 0.25) is 0 Å². The first-order valence-electron chi connectivity index (χ1n) is 6.48. The van der Waals surface area contributed by atoms with E-state index in [2.05, 4.69) is 5.32 Å². The van der Waals surface area contributed by atoms with Gasteiger partial charge in [-0.05, 0) is 37.6 Å². The Morgan fingerprint density at radius 1 is 1.29 bits per heavy atom. The predicted molar refractivity (Wildman–Crippen MR) is 77.3 cm³/mol. The molecule has 1 aromatic carbocycles. The monoisotopic (exact) mass is 311 g/mol. The molecule has 2 aromatic rings. The summed E-state index contributed by atoms with van der Waals surface area (Å²) < 4.78 is 26.8. The fraction of sp³-hybridized carbons (Fsp3) is 0.267. The highest BCUT2D eigenvalue weighted by molar-refractivity contribution is 7.12. The number of benzene rings is 1. The third kappa shape index (κ3) is 3.86. The van der Waals surface area contributed by atoms with Gasteiger partial charge in [-0.1, -0.05) is 6.07 Å². The van der Waals surface area contributed by atoms with Gasteiger partial charge >= 0.3 is 0 Å². The zero-order chi connectivity index (χ0) is 15.4. The van der Waals surface area contributed by atoms with Gasteiger partial charge in [0.1, 0.15) is 17.2 Å². The number of rotatable bonds is 5. The van der Waals surface area contributed by atoms with Crippen molar-refractivity contribution in [2.45, 2.75) is 19.4 Å². The van der Waals surface area contributed by atoms with E-state index in [1.807, 2.05) is 12.1 Å². The zero-order valence-electron chi connectivity index (χ0n) is 11.4. The maximum absolute atomic E-state index is 13.4. The third-order valence-electron chi connectivity index (χ3n) is 2.94. The van der Waals surface area contributed by atoms with Crippen molar-refractivity contribution in [2.24, 2.45) is 0 Å². The van der Waals surface area contributed by atoms with Crippen molar-refractivity contribution in [2.75, 3.05) is 6.54 Å². The van der Waals surface area contributed by atoms with Crippen LogP contribution >= 0.6 is 11.3 Å². The highest BCUT2D eigenvalue weighted by atomic mass is 32.1. The van der Waals surface area contributed by atoms with Crippen LogP contribution in [0.1, 0.15) is 33.1 Å². The summed E-state index contributed by atoms with van der Waals surface area (Å²) in [4.78, 5) is 13.6.